The highest BCUT2D eigenvalue weighted by Gasteiger charge is 2.47. The Kier molecular flexibility index (Phi) is 7.47. The molecule has 0 spiro atoms. The fourth-order valence-corrected chi connectivity index (χ4v) is 3.98. The highest BCUT2D eigenvalue weighted by atomic mass is 35.5. The van der Waals surface area contributed by atoms with Gasteiger partial charge in [0.15, 0.2) is 0 Å². The van der Waals surface area contributed by atoms with E-state index in [4.69, 9.17) is 5.73 Å². The number of piperidine rings is 1. The number of hydrogen-bond donors (Lipinski definition) is 2. The number of likely N-dealkylation sites (tertiary alicyclic amines) is 1. The number of rotatable bonds is 6. The van der Waals surface area contributed by atoms with Crippen molar-refractivity contribution in [2.45, 2.75) is 51.0 Å². The largest absolute Gasteiger partial charge is 0.354 e. The Balaban J connectivity index is 0.00000243. The van der Waals surface area contributed by atoms with Gasteiger partial charge in [-0.2, -0.15) is 0 Å². The zero-order valence-electron chi connectivity index (χ0n) is 15.4. The van der Waals surface area contributed by atoms with Gasteiger partial charge in [0.05, 0.1) is 0 Å². The van der Waals surface area contributed by atoms with E-state index in [0.29, 0.717) is 25.4 Å². The molecule has 3 rings (SSSR count). The van der Waals surface area contributed by atoms with Gasteiger partial charge in [-0.05, 0) is 49.7 Å². The van der Waals surface area contributed by atoms with Gasteiger partial charge in [-0.15, -0.1) is 12.4 Å². The van der Waals surface area contributed by atoms with Crippen LogP contribution in [0.25, 0.3) is 0 Å². The van der Waals surface area contributed by atoms with Crippen molar-refractivity contribution in [1.29, 1.82) is 0 Å². The van der Waals surface area contributed by atoms with Gasteiger partial charge in [0.2, 0.25) is 11.8 Å². The van der Waals surface area contributed by atoms with Gasteiger partial charge in [-0.3, -0.25) is 9.59 Å². The van der Waals surface area contributed by atoms with Crippen LogP contribution in [-0.4, -0.2) is 42.4 Å². The van der Waals surface area contributed by atoms with Gasteiger partial charge in [0.25, 0.3) is 0 Å². The van der Waals surface area contributed by atoms with Crippen molar-refractivity contribution in [3.63, 3.8) is 0 Å². The molecule has 1 aliphatic carbocycles. The number of aryl methyl sites for hydroxylation is 1. The van der Waals surface area contributed by atoms with Crippen LogP contribution in [0.1, 0.15) is 49.1 Å². The van der Waals surface area contributed by atoms with Crippen LogP contribution in [0.2, 0.25) is 0 Å². The number of benzene rings is 1. The molecular formula is C20H30ClN3O2. The van der Waals surface area contributed by atoms with Crippen molar-refractivity contribution in [2.75, 3.05) is 19.6 Å². The predicted molar refractivity (Wildman–Crippen MR) is 105 cm³/mol. The maximum absolute atomic E-state index is 13.0. The van der Waals surface area contributed by atoms with Crippen LogP contribution < -0.4 is 11.1 Å². The topological polar surface area (TPSA) is 75.4 Å². The second-order valence-electron chi connectivity index (χ2n) is 7.33. The highest BCUT2D eigenvalue weighted by molar-refractivity contribution is 5.85. The van der Waals surface area contributed by atoms with Crippen molar-refractivity contribution in [3.05, 3.63) is 35.4 Å². The van der Waals surface area contributed by atoms with Gasteiger partial charge < -0.3 is 16.0 Å². The number of hydrogen-bond acceptors (Lipinski definition) is 3. The molecule has 2 aliphatic rings. The minimum atomic E-state index is -0.0234. The monoisotopic (exact) mass is 379 g/mol. The smallest absolute Gasteiger partial charge is 0.226 e. The molecule has 3 atom stereocenters. The summed E-state index contributed by atoms with van der Waals surface area (Å²) >= 11 is 0. The standard InChI is InChI=1S/C20H29N3O2.ClH/c1-14-6-2-3-8-16(14)17-12-18(17)20(25)23-11-5-4-7-15(23)13-22-19(24)9-10-21;/h2-3,6,8,15,17-18H,4-5,7,9-13,21H2,1H3,(H,22,24);1H. The van der Waals surface area contributed by atoms with Crippen molar-refractivity contribution >= 4 is 24.2 Å². The number of nitrogens with zero attached hydrogens (tertiary/aromatic N) is 1. The highest BCUT2D eigenvalue weighted by Crippen LogP contribution is 2.49. The lowest BCUT2D eigenvalue weighted by Crippen LogP contribution is -2.50. The second-order valence-corrected chi connectivity index (χ2v) is 7.33. The molecule has 2 amide bonds. The number of halogens is 1. The van der Waals surface area contributed by atoms with Crippen molar-refractivity contribution in [1.82, 2.24) is 10.2 Å². The Hall–Kier alpha value is -1.59. The minimum Gasteiger partial charge on any atom is -0.354 e. The third-order valence-electron chi connectivity index (χ3n) is 5.51. The summed E-state index contributed by atoms with van der Waals surface area (Å²) in [5.74, 6) is 0.722. The average Bonchev–Trinajstić information content (AvgIpc) is 3.41. The first-order valence-corrected chi connectivity index (χ1v) is 9.44. The molecule has 1 saturated heterocycles. The first kappa shape index (κ1) is 20.7. The summed E-state index contributed by atoms with van der Waals surface area (Å²) in [6.07, 6.45) is 4.44. The molecule has 2 fully saturated rings. The van der Waals surface area contributed by atoms with Crippen LogP contribution in [0, 0.1) is 12.8 Å². The Morgan fingerprint density at radius 3 is 2.77 bits per heavy atom. The number of nitrogens with one attached hydrogen (secondary N) is 1. The third kappa shape index (κ3) is 4.77. The number of carbonyl (C=O) groups is 2. The van der Waals surface area contributed by atoms with Gasteiger partial charge in [-0.1, -0.05) is 24.3 Å². The number of nitrogens with two attached hydrogens (primary N) is 1. The Morgan fingerprint density at radius 1 is 1.27 bits per heavy atom. The van der Waals surface area contributed by atoms with Crippen LogP contribution in [0.4, 0.5) is 0 Å². The summed E-state index contributed by atoms with van der Waals surface area (Å²) in [4.78, 5) is 26.7. The summed E-state index contributed by atoms with van der Waals surface area (Å²) < 4.78 is 0. The quantitative estimate of drug-likeness (QED) is 0.796. The van der Waals surface area contributed by atoms with E-state index in [2.05, 4.69) is 30.4 Å². The van der Waals surface area contributed by atoms with E-state index in [1.54, 1.807) is 0 Å². The summed E-state index contributed by atoms with van der Waals surface area (Å²) in [6, 6.07) is 8.49. The first-order valence-electron chi connectivity index (χ1n) is 9.44. The summed E-state index contributed by atoms with van der Waals surface area (Å²) in [6.45, 7) is 3.84. The molecule has 1 aliphatic heterocycles. The van der Waals surface area contributed by atoms with E-state index >= 15 is 0 Å². The maximum atomic E-state index is 13.0. The van der Waals surface area contributed by atoms with E-state index in [-0.39, 0.29) is 36.2 Å². The van der Waals surface area contributed by atoms with Crippen molar-refractivity contribution in [2.24, 2.45) is 11.7 Å². The number of carbonyl (C=O) groups excluding carboxylic acids is 2. The fraction of sp³-hybridized carbons (Fsp3) is 0.600. The molecule has 3 N–H and O–H groups in total. The Labute approximate surface area is 162 Å². The van der Waals surface area contributed by atoms with Crippen LogP contribution in [0.15, 0.2) is 24.3 Å². The lowest BCUT2D eigenvalue weighted by atomic mass is 9.99. The van der Waals surface area contributed by atoms with E-state index in [1.165, 1.54) is 11.1 Å². The lowest BCUT2D eigenvalue weighted by molar-refractivity contribution is -0.137. The van der Waals surface area contributed by atoms with E-state index < -0.39 is 0 Å². The molecule has 6 heteroatoms. The summed E-state index contributed by atoms with van der Waals surface area (Å²) in [5.41, 5.74) is 8.00. The average molecular weight is 380 g/mol. The van der Waals surface area contributed by atoms with Gasteiger partial charge in [-0.25, -0.2) is 0 Å². The molecule has 1 aromatic rings. The predicted octanol–water partition coefficient (Wildman–Crippen LogP) is 2.37. The van der Waals surface area contributed by atoms with Crippen LogP contribution in [0.5, 0.6) is 0 Å². The fourth-order valence-electron chi connectivity index (χ4n) is 3.98. The van der Waals surface area contributed by atoms with Gasteiger partial charge >= 0.3 is 0 Å². The molecule has 26 heavy (non-hydrogen) atoms. The molecule has 1 aromatic carbocycles. The van der Waals surface area contributed by atoms with Gasteiger partial charge in [0, 0.05) is 38.0 Å². The lowest BCUT2D eigenvalue weighted by Gasteiger charge is -2.36. The molecule has 5 nitrogen and oxygen atoms in total. The molecule has 0 aromatic heterocycles. The first-order chi connectivity index (χ1) is 12.1. The molecule has 1 heterocycles. The second kappa shape index (κ2) is 9.38. The SMILES string of the molecule is Cc1ccccc1C1CC1C(=O)N1CCCCC1CNC(=O)CCN.Cl. The zero-order chi connectivity index (χ0) is 17.8. The molecule has 3 unspecified atom stereocenters. The molecule has 0 bridgehead atoms. The molecule has 0 radical (unpaired) electrons. The number of amides is 2. The molecular weight excluding hydrogens is 350 g/mol. The normalized spacial score (nSPS) is 24.5. The molecule has 1 saturated carbocycles. The Morgan fingerprint density at radius 2 is 2.04 bits per heavy atom. The zero-order valence-corrected chi connectivity index (χ0v) is 16.3. The summed E-state index contributed by atoms with van der Waals surface area (Å²) in [7, 11) is 0. The Bertz CT molecular complexity index is 637. The summed E-state index contributed by atoms with van der Waals surface area (Å²) in [5, 5.41) is 2.94. The third-order valence-corrected chi connectivity index (χ3v) is 5.51. The van der Waals surface area contributed by atoms with Crippen LogP contribution in [-0.2, 0) is 9.59 Å². The van der Waals surface area contributed by atoms with Crippen LogP contribution in [0.3, 0.4) is 0 Å². The van der Waals surface area contributed by atoms with Crippen molar-refractivity contribution < 1.29 is 9.59 Å². The minimum absolute atomic E-state index is 0. The van der Waals surface area contributed by atoms with E-state index in [9.17, 15) is 9.59 Å². The van der Waals surface area contributed by atoms with Crippen LogP contribution >= 0.6 is 12.4 Å². The molecule has 144 valence electrons. The van der Waals surface area contributed by atoms with E-state index in [1.807, 2.05) is 11.0 Å². The maximum Gasteiger partial charge on any atom is 0.226 e. The van der Waals surface area contributed by atoms with E-state index in [0.717, 1.165) is 32.2 Å². The van der Waals surface area contributed by atoms with Crippen molar-refractivity contribution in [3.8, 4) is 0 Å². The van der Waals surface area contributed by atoms with Gasteiger partial charge in [0.1, 0.15) is 0 Å².